The summed E-state index contributed by atoms with van der Waals surface area (Å²) in [6.07, 6.45) is 0. The molecule has 0 N–H and O–H groups in total. The zero-order chi connectivity index (χ0) is 11.5. The van der Waals surface area contributed by atoms with Crippen molar-refractivity contribution in [3.8, 4) is 0 Å². The van der Waals surface area contributed by atoms with Gasteiger partial charge >= 0.3 is 0 Å². The molecule has 5 heteroatoms. The number of halogens is 1. The molecule has 0 bridgehead atoms. The van der Waals surface area contributed by atoms with Gasteiger partial charge in [-0.3, -0.25) is 0 Å². The van der Waals surface area contributed by atoms with Gasteiger partial charge in [0.15, 0.2) is 0 Å². The SMILES string of the molecule is C[Si](C)(C)Cl.Cc1nc(C)n(C)c1[SiH3]. The first-order valence-corrected chi connectivity index (χ1v) is 10.3. The van der Waals surface area contributed by atoms with E-state index in [-0.39, 0.29) is 0 Å². The van der Waals surface area contributed by atoms with E-state index in [1.54, 1.807) is 0 Å². The predicted octanol–water partition coefficient (Wildman–Crippen LogP) is 1.09. The average Bonchev–Trinajstić information content (AvgIpc) is 2.14. The molecule has 0 aliphatic carbocycles. The van der Waals surface area contributed by atoms with Crippen molar-refractivity contribution in [1.82, 2.24) is 9.55 Å². The monoisotopic (exact) mass is 248 g/mol. The Morgan fingerprint density at radius 3 is 1.71 bits per heavy atom. The second kappa shape index (κ2) is 5.14. The molecule has 0 fully saturated rings. The van der Waals surface area contributed by atoms with Crippen molar-refractivity contribution in [1.29, 1.82) is 0 Å². The summed E-state index contributed by atoms with van der Waals surface area (Å²) in [5.41, 5.74) is 1.20. The van der Waals surface area contributed by atoms with Crippen LogP contribution in [0.1, 0.15) is 11.5 Å². The fraction of sp³-hybridized carbons (Fsp3) is 0.667. The average molecular weight is 249 g/mol. The fourth-order valence-electron chi connectivity index (χ4n) is 0.884. The van der Waals surface area contributed by atoms with Gasteiger partial charge < -0.3 is 4.57 Å². The largest absolute Gasteiger partial charge is 0.340 e. The van der Waals surface area contributed by atoms with Crippen molar-refractivity contribution < 1.29 is 0 Å². The third-order valence-electron chi connectivity index (χ3n) is 1.84. The molecule has 0 saturated carbocycles. The maximum atomic E-state index is 5.67. The summed E-state index contributed by atoms with van der Waals surface area (Å²) in [6, 6.07) is 0. The number of hydrogen-bond donors (Lipinski definition) is 0. The minimum Gasteiger partial charge on any atom is -0.340 e. The molecular formula is C9H21ClN2Si2. The van der Waals surface area contributed by atoms with Crippen LogP contribution in [-0.4, -0.2) is 27.2 Å². The van der Waals surface area contributed by atoms with Gasteiger partial charge in [-0.15, -0.1) is 0 Å². The molecule has 0 spiro atoms. The highest BCUT2D eigenvalue weighted by molar-refractivity contribution is 7.18. The van der Waals surface area contributed by atoms with E-state index >= 15 is 0 Å². The van der Waals surface area contributed by atoms with E-state index in [9.17, 15) is 0 Å². The Bertz CT molecular complexity index is 274. The van der Waals surface area contributed by atoms with Crippen molar-refractivity contribution in [3.63, 3.8) is 0 Å². The molecule has 2 nitrogen and oxygen atoms in total. The molecule has 0 aliphatic rings. The molecular weight excluding hydrogens is 228 g/mol. The summed E-state index contributed by atoms with van der Waals surface area (Å²) in [4.78, 5) is 4.31. The number of aryl methyl sites for hydroxylation is 2. The maximum absolute atomic E-state index is 5.67. The minimum absolute atomic E-state index is 1.10. The van der Waals surface area contributed by atoms with E-state index in [1.807, 2.05) is 6.92 Å². The van der Waals surface area contributed by atoms with Gasteiger partial charge in [-0.2, -0.15) is 11.1 Å². The van der Waals surface area contributed by atoms with Crippen LogP contribution in [-0.2, 0) is 7.05 Å². The summed E-state index contributed by atoms with van der Waals surface area (Å²) >= 11 is 5.67. The Labute approximate surface area is 95.8 Å². The minimum atomic E-state index is -1.14. The lowest BCUT2D eigenvalue weighted by atomic mass is 10.6. The first-order chi connectivity index (χ1) is 6.13. The van der Waals surface area contributed by atoms with Crippen LogP contribution >= 0.6 is 11.1 Å². The highest BCUT2D eigenvalue weighted by Gasteiger charge is 2.04. The first-order valence-electron chi connectivity index (χ1n) is 4.78. The molecule has 0 saturated heterocycles. The van der Waals surface area contributed by atoms with Crippen molar-refractivity contribution in [2.24, 2.45) is 7.05 Å². The molecule has 1 aromatic rings. The van der Waals surface area contributed by atoms with Crippen molar-refractivity contribution in [3.05, 3.63) is 11.5 Å². The van der Waals surface area contributed by atoms with E-state index in [0.717, 1.165) is 16.1 Å². The molecule has 0 aliphatic heterocycles. The molecule has 1 heterocycles. The number of rotatable bonds is 0. The highest BCUT2D eigenvalue weighted by Crippen LogP contribution is 2.03. The second-order valence-corrected chi connectivity index (χ2v) is 12.9. The molecule has 0 radical (unpaired) electrons. The van der Waals surface area contributed by atoms with E-state index in [4.69, 9.17) is 11.1 Å². The van der Waals surface area contributed by atoms with Gasteiger partial charge in [0.25, 0.3) is 0 Å². The Morgan fingerprint density at radius 2 is 1.64 bits per heavy atom. The van der Waals surface area contributed by atoms with Gasteiger partial charge in [0.05, 0.1) is 15.9 Å². The molecule has 0 amide bonds. The van der Waals surface area contributed by atoms with Gasteiger partial charge in [0.2, 0.25) is 0 Å². The van der Waals surface area contributed by atoms with E-state index in [2.05, 4.69) is 43.2 Å². The van der Waals surface area contributed by atoms with Crippen LogP contribution in [0.25, 0.3) is 0 Å². The normalized spacial score (nSPS) is 11.1. The third-order valence-corrected chi connectivity index (χ3v) is 3.24. The maximum Gasteiger partial charge on any atom is 0.147 e. The van der Waals surface area contributed by atoms with Crippen LogP contribution in [0.5, 0.6) is 0 Å². The smallest absolute Gasteiger partial charge is 0.147 e. The third kappa shape index (κ3) is 5.62. The molecule has 0 aromatic carbocycles. The van der Waals surface area contributed by atoms with Gasteiger partial charge in [0, 0.05) is 12.4 Å². The molecule has 1 rings (SSSR count). The molecule has 0 atom stereocenters. The van der Waals surface area contributed by atoms with Gasteiger partial charge in [-0.25, -0.2) is 4.98 Å². The molecule has 14 heavy (non-hydrogen) atoms. The Balaban J connectivity index is 0.000000292. The first kappa shape index (κ1) is 13.9. The van der Waals surface area contributed by atoms with Crippen molar-refractivity contribution in [2.75, 3.05) is 0 Å². The number of imidazole rings is 1. The summed E-state index contributed by atoms with van der Waals surface area (Å²) in [6.45, 7) is 10.4. The summed E-state index contributed by atoms with van der Waals surface area (Å²) in [5, 5.41) is 1.40. The molecule has 1 aromatic heterocycles. The van der Waals surface area contributed by atoms with Crippen LogP contribution in [0.2, 0.25) is 19.6 Å². The van der Waals surface area contributed by atoms with Crippen molar-refractivity contribution in [2.45, 2.75) is 33.5 Å². The fourth-order valence-corrected chi connectivity index (χ4v) is 1.32. The molecule has 82 valence electrons. The number of nitrogens with zero attached hydrogens (tertiary/aromatic N) is 2. The number of hydrogen-bond acceptors (Lipinski definition) is 1. The zero-order valence-corrected chi connectivity index (χ0v) is 14.0. The Kier molecular flexibility index (Phi) is 5.11. The lowest BCUT2D eigenvalue weighted by molar-refractivity contribution is 0.878. The molecule has 0 unspecified atom stereocenters. The number of aromatic nitrogens is 2. The summed E-state index contributed by atoms with van der Waals surface area (Å²) < 4.78 is 2.15. The van der Waals surface area contributed by atoms with Gasteiger partial charge in [-0.05, 0) is 13.8 Å². The van der Waals surface area contributed by atoms with E-state index in [1.165, 1.54) is 11.0 Å². The second-order valence-electron chi connectivity index (χ2n) is 4.46. The van der Waals surface area contributed by atoms with Crippen molar-refractivity contribution >= 4 is 34.0 Å². The van der Waals surface area contributed by atoms with Crippen LogP contribution in [0.4, 0.5) is 0 Å². The summed E-state index contributed by atoms with van der Waals surface area (Å²) in [5.74, 6) is 1.12. The van der Waals surface area contributed by atoms with Crippen LogP contribution in [0.15, 0.2) is 0 Å². The van der Waals surface area contributed by atoms with E-state index < -0.39 is 7.38 Å². The quantitative estimate of drug-likeness (QED) is 0.497. The van der Waals surface area contributed by atoms with E-state index in [0.29, 0.717) is 0 Å². The Hall–Kier alpha value is -0.0662. The van der Waals surface area contributed by atoms with Crippen LogP contribution < -0.4 is 5.32 Å². The topological polar surface area (TPSA) is 17.8 Å². The summed E-state index contributed by atoms with van der Waals surface area (Å²) in [7, 11) is 2.03. The Morgan fingerprint density at radius 1 is 1.29 bits per heavy atom. The zero-order valence-electron chi connectivity index (χ0n) is 10.3. The lowest BCUT2D eigenvalue weighted by Gasteiger charge is -1.97. The van der Waals surface area contributed by atoms with Gasteiger partial charge in [0.1, 0.15) is 13.2 Å². The van der Waals surface area contributed by atoms with Crippen LogP contribution in [0, 0.1) is 13.8 Å². The lowest BCUT2D eigenvalue weighted by Crippen LogP contribution is -2.16. The van der Waals surface area contributed by atoms with Crippen LogP contribution in [0.3, 0.4) is 0 Å². The van der Waals surface area contributed by atoms with Gasteiger partial charge in [-0.1, -0.05) is 19.6 Å². The predicted molar refractivity (Wildman–Crippen MR) is 71.5 cm³/mol. The highest BCUT2D eigenvalue weighted by atomic mass is 35.6. The standard InChI is InChI=1S/C6H12N2Si.C3H9ClSi/c1-4-6(9)8(3)5(2)7-4;1-5(2,3)4/h1-3,9H3;1-3H3.